The third-order valence-corrected chi connectivity index (χ3v) is 7.75. The Morgan fingerprint density at radius 2 is 1.74 bits per heavy atom. The molecule has 2 amide bonds. The van der Waals surface area contributed by atoms with Gasteiger partial charge in [0, 0.05) is 64.8 Å². The SMILES string of the molecule is COCC(=O)N1CCCN(C2CCOCC2)CCN(C(=O)COc2ccccc2-c2nc(C)no2)Cc2ccccc21. The van der Waals surface area contributed by atoms with E-state index in [0.29, 0.717) is 48.7 Å². The first-order valence-electron chi connectivity index (χ1n) is 14.5. The predicted octanol–water partition coefficient (Wildman–Crippen LogP) is 3.32. The number of carbonyl (C=O) groups excluding carboxylic acids is 2. The average molecular weight is 578 g/mol. The minimum absolute atomic E-state index is 0.00647. The molecular formula is C31H39N5O6. The maximum absolute atomic E-state index is 13.8. The fourth-order valence-corrected chi connectivity index (χ4v) is 5.60. The monoisotopic (exact) mass is 577 g/mol. The van der Waals surface area contributed by atoms with E-state index in [2.05, 4.69) is 15.0 Å². The summed E-state index contributed by atoms with van der Waals surface area (Å²) >= 11 is 0. The van der Waals surface area contributed by atoms with Gasteiger partial charge < -0.3 is 28.5 Å². The molecule has 224 valence electrons. The highest BCUT2D eigenvalue weighted by molar-refractivity contribution is 5.95. The van der Waals surface area contributed by atoms with Gasteiger partial charge >= 0.3 is 0 Å². The summed E-state index contributed by atoms with van der Waals surface area (Å²) in [5.74, 6) is 1.10. The topological polar surface area (TPSA) is 110 Å². The van der Waals surface area contributed by atoms with Crippen molar-refractivity contribution in [3.8, 4) is 17.2 Å². The van der Waals surface area contributed by atoms with Crippen LogP contribution in [0.1, 0.15) is 30.7 Å². The summed E-state index contributed by atoms with van der Waals surface area (Å²) in [5.41, 5.74) is 2.33. The van der Waals surface area contributed by atoms with Crippen molar-refractivity contribution in [3.05, 3.63) is 59.9 Å². The Morgan fingerprint density at radius 1 is 0.952 bits per heavy atom. The molecule has 1 saturated heterocycles. The molecule has 0 radical (unpaired) electrons. The Bertz CT molecular complexity index is 1340. The van der Waals surface area contributed by atoms with Crippen LogP contribution in [0.5, 0.6) is 5.75 Å². The van der Waals surface area contributed by atoms with E-state index in [0.717, 1.165) is 56.8 Å². The van der Waals surface area contributed by atoms with Crippen molar-refractivity contribution in [2.24, 2.45) is 0 Å². The van der Waals surface area contributed by atoms with Crippen LogP contribution in [-0.4, -0.2) is 97.5 Å². The number of anilines is 1. The Hall–Kier alpha value is -3.80. The Balaban J connectivity index is 1.39. The maximum atomic E-state index is 13.8. The lowest BCUT2D eigenvalue weighted by Gasteiger charge is -2.35. The van der Waals surface area contributed by atoms with E-state index in [-0.39, 0.29) is 25.0 Å². The fraction of sp³-hybridized carbons (Fsp3) is 0.484. The molecule has 0 bridgehead atoms. The molecule has 0 N–H and O–H groups in total. The molecule has 2 aromatic carbocycles. The zero-order valence-electron chi connectivity index (χ0n) is 24.4. The third-order valence-electron chi connectivity index (χ3n) is 7.75. The van der Waals surface area contributed by atoms with Crippen LogP contribution in [0, 0.1) is 6.92 Å². The molecule has 0 spiro atoms. The molecule has 3 aromatic rings. The lowest BCUT2D eigenvalue weighted by molar-refractivity contribution is -0.134. The Labute approximate surface area is 246 Å². The number of hydrogen-bond donors (Lipinski definition) is 0. The normalized spacial score (nSPS) is 17.4. The summed E-state index contributed by atoms with van der Waals surface area (Å²) in [7, 11) is 1.53. The largest absolute Gasteiger partial charge is 0.483 e. The van der Waals surface area contributed by atoms with Gasteiger partial charge in [-0.05, 0) is 49.9 Å². The first-order valence-corrected chi connectivity index (χ1v) is 14.5. The smallest absolute Gasteiger partial charge is 0.261 e. The first-order chi connectivity index (χ1) is 20.5. The van der Waals surface area contributed by atoms with E-state index < -0.39 is 0 Å². The number of methoxy groups -OCH3 is 1. The van der Waals surface area contributed by atoms with Crippen LogP contribution in [-0.2, 0) is 25.6 Å². The third kappa shape index (κ3) is 7.33. The molecule has 0 saturated carbocycles. The molecule has 2 aliphatic rings. The van der Waals surface area contributed by atoms with Crippen LogP contribution < -0.4 is 9.64 Å². The van der Waals surface area contributed by atoms with Crippen LogP contribution in [0.3, 0.4) is 0 Å². The van der Waals surface area contributed by atoms with Gasteiger partial charge in [0.1, 0.15) is 12.4 Å². The van der Waals surface area contributed by atoms with Gasteiger partial charge in [0.25, 0.3) is 17.7 Å². The number of para-hydroxylation sites is 2. The predicted molar refractivity (Wildman–Crippen MR) is 156 cm³/mol. The number of ether oxygens (including phenoxy) is 3. The van der Waals surface area contributed by atoms with Gasteiger partial charge in [0.15, 0.2) is 12.4 Å². The Kier molecular flexibility index (Phi) is 10.2. The molecule has 1 fully saturated rings. The quantitative estimate of drug-likeness (QED) is 0.418. The van der Waals surface area contributed by atoms with E-state index in [4.69, 9.17) is 18.7 Å². The standard InChI is InChI=1S/C31H39N5O6/c1-23-32-31(42-33-23)26-9-4-6-11-28(26)41-22-29(37)35-17-16-34(25-12-18-40-19-13-25)14-7-15-36(30(38)21-39-2)27-10-5-3-8-24(27)20-35/h3-6,8-11,25H,7,12-22H2,1-2H3. The molecule has 0 atom stereocenters. The van der Waals surface area contributed by atoms with E-state index in [9.17, 15) is 9.59 Å². The van der Waals surface area contributed by atoms with Crippen molar-refractivity contribution in [2.45, 2.75) is 38.8 Å². The summed E-state index contributed by atoms with van der Waals surface area (Å²) in [6.45, 7) is 6.06. The molecule has 2 aliphatic heterocycles. The van der Waals surface area contributed by atoms with Crippen LogP contribution in [0.15, 0.2) is 53.1 Å². The Morgan fingerprint density at radius 3 is 2.52 bits per heavy atom. The van der Waals surface area contributed by atoms with Gasteiger partial charge in [0.2, 0.25) is 0 Å². The number of nitrogens with zero attached hydrogens (tertiary/aromatic N) is 5. The average Bonchev–Trinajstić information content (AvgIpc) is 3.44. The number of benzene rings is 2. The number of fused-ring (bicyclic) bond motifs is 1. The van der Waals surface area contributed by atoms with Crippen molar-refractivity contribution in [1.82, 2.24) is 19.9 Å². The van der Waals surface area contributed by atoms with Crippen molar-refractivity contribution in [1.29, 1.82) is 0 Å². The van der Waals surface area contributed by atoms with Gasteiger partial charge in [-0.25, -0.2) is 0 Å². The van der Waals surface area contributed by atoms with Gasteiger partial charge in [-0.3, -0.25) is 14.5 Å². The highest BCUT2D eigenvalue weighted by Gasteiger charge is 2.27. The molecule has 42 heavy (non-hydrogen) atoms. The van der Waals surface area contributed by atoms with Crippen LogP contribution >= 0.6 is 0 Å². The maximum Gasteiger partial charge on any atom is 0.261 e. The highest BCUT2D eigenvalue weighted by atomic mass is 16.5. The molecule has 1 aromatic heterocycles. The van der Waals surface area contributed by atoms with Crippen molar-refractivity contribution < 1.29 is 28.3 Å². The van der Waals surface area contributed by atoms with Crippen LogP contribution in [0.2, 0.25) is 0 Å². The summed E-state index contributed by atoms with van der Waals surface area (Å²) in [5, 5.41) is 3.88. The van der Waals surface area contributed by atoms with E-state index in [1.165, 1.54) is 7.11 Å². The minimum atomic E-state index is -0.157. The zero-order chi connectivity index (χ0) is 29.3. The first kappa shape index (κ1) is 29.7. The number of carbonyl (C=O) groups is 2. The highest BCUT2D eigenvalue weighted by Crippen LogP contribution is 2.29. The zero-order valence-corrected chi connectivity index (χ0v) is 24.4. The second-order valence-electron chi connectivity index (χ2n) is 10.6. The van der Waals surface area contributed by atoms with E-state index in [1.54, 1.807) is 17.9 Å². The van der Waals surface area contributed by atoms with Gasteiger partial charge in [0.05, 0.1) is 5.56 Å². The second-order valence-corrected chi connectivity index (χ2v) is 10.6. The van der Waals surface area contributed by atoms with Crippen LogP contribution in [0.4, 0.5) is 5.69 Å². The number of aromatic nitrogens is 2. The van der Waals surface area contributed by atoms with Crippen molar-refractivity contribution in [3.63, 3.8) is 0 Å². The summed E-state index contributed by atoms with van der Waals surface area (Å²) in [4.78, 5) is 37.4. The van der Waals surface area contributed by atoms with Crippen molar-refractivity contribution >= 4 is 17.5 Å². The number of amides is 2. The van der Waals surface area contributed by atoms with E-state index in [1.807, 2.05) is 47.4 Å². The molecular weight excluding hydrogens is 538 g/mol. The van der Waals surface area contributed by atoms with Gasteiger partial charge in [-0.2, -0.15) is 4.98 Å². The molecule has 11 heteroatoms. The molecule has 0 aliphatic carbocycles. The molecule has 3 heterocycles. The molecule has 11 nitrogen and oxygen atoms in total. The number of aryl methyl sites for hydroxylation is 1. The molecule has 5 rings (SSSR count). The number of rotatable bonds is 7. The number of hydrogen-bond acceptors (Lipinski definition) is 9. The van der Waals surface area contributed by atoms with Crippen molar-refractivity contribution in [2.75, 3.05) is 64.6 Å². The molecule has 0 unspecified atom stereocenters. The summed E-state index contributed by atoms with van der Waals surface area (Å²) < 4.78 is 22.2. The second kappa shape index (κ2) is 14.4. The van der Waals surface area contributed by atoms with Gasteiger partial charge in [-0.1, -0.05) is 35.5 Å². The summed E-state index contributed by atoms with van der Waals surface area (Å²) in [6, 6.07) is 15.5. The van der Waals surface area contributed by atoms with Crippen LogP contribution in [0.25, 0.3) is 11.5 Å². The van der Waals surface area contributed by atoms with Gasteiger partial charge in [-0.15, -0.1) is 0 Å². The fourth-order valence-electron chi connectivity index (χ4n) is 5.60. The summed E-state index contributed by atoms with van der Waals surface area (Å²) in [6.07, 6.45) is 2.72. The minimum Gasteiger partial charge on any atom is -0.483 e. The lowest BCUT2D eigenvalue weighted by atomic mass is 10.1. The lowest BCUT2D eigenvalue weighted by Crippen LogP contribution is -2.46. The van der Waals surface area contributed by atoms with E-state index >= 15 is 0 Å².